The highest BCUT2D eigenvalue weighted by atomic mass is 16.2. The number of aryl methyl sites for hydroxylation is 1. The van der Waals surface area contributed by atoms with Gasteiger partial charge in [-0.05, 0) is 30.7 Å². The Balaban J connectivity index is 1.25. The van der Waals surface area contributed by atoms with Crippen molar-refractivity contribution in [1.82, 2.24) is 24.8 Å². The van der Waals surface area contributed by atoms with Gasteiger partial charge in [-0.2, -0.15) is 0 Å². The SMILES string of the molecule is CCc1cc(=O)[nH]c(-c2ccc(N3CCN(C(=O)c4cc5ccccc5[nH]4)CC3)nc2)n1. The van der Waals surface area contributed by atoms with Crippen molar-refractivity contribution in [3.05, 3.63) is 76.5 Å². The highest BCUT2D eigenvalue weighted by Crippen LogP contribution is 2.20. The molecule has 0 unspecified atom stereocenters. The van der Waals surface area contributed by atoms with Crippen LogP contribution in [-0.2, 0) is 6.42 Å². The molecule has 8 heteroatoms. The number of para-hydroxylation sites is 1. The standard InChI is InChI=1S/C24H24N6O2/c1-2-18-14-22(31)28-23(26-18)17-7-8-21(25-15-17)29-9-11-30(12-10-29)24(32)20-13-16-5-3-4-6-19(16)27-20/h3-8,13-15,27H,2,9-12H2,1H3,(H,26,28,31). The van der Waals surface area contributed by atoms with Gasteiger partial charge in [0.05, 0.1) is 0 Å². The van der Waals surface area contributed by atoms with Crippen LogP contribution in [0.25, 0.3) is 22.3 Å². The fourth-order valence-electron chi connectivity index (χ4n) is 4.04. The first kappa shape index (κ1) is 20.0. The zero-order valence-electron chi connectivity index (χ0n) is 17.8. The molecule has 0 saturated carbocycles. The summed E-state index contributed by atoms with van der Waals surface area (Å²) in [6.07, 6.45) is 2.43. The van der Waals surface area contributed by atoms with Gasteiger partial charge in [-0.1, -0.05) is 25.1 Å². The zero-order chi connectivity index (χ0) is 22.1. The molecule has 3 aromatic heterocycles. The Kier molecular flexibility index (Phi) is 5.18. The molecule has 1 aliphatic heterocycles. The number of H-pyrrole nitrogens is 2. The van der Waals surface area contributed by atoms with Crippen LogP contribution < -0.4 is 10.5 Å². The van der Waals surface area contributed by atoms with Crippen molar-refractivity contribution in [3.8, 4) is 11.4 Å². The van der Waals surface area contributed by atoms with Gasteiger partial charge in [0.15, 0.2) is 0 Å². The molecular weight excluding hydrogens is 404 g/mol. The first-order chi connectivity index (χ1) is 15.6. The molecule has 0 aliphatic carbocycles. The lowest BCUT2D eigenvalue weighted by Gasteiger charge is -2.35. The highest BCUT2D eigenvalue weighted by molar-refractivity contribution is 5.98. The number of fused-ring (bicyclic) bond motifs is 1. The second-order valence-corrected chi connectivity index (χ2v) is 7.89. The van der Waals surface area contributed by atoms with Crippen LogP contribution in [0.15, 0.2) is 59.5 Å². The summed E-state index contributed by atoms with van der Waals surface area (Å²) in [5.41, 5.74) is 2.96. The Hall–Kier alpha value is -3.94. The topological polar surface area (TPSA) is 98.0 Å². The van der Waals surface area contributed by atoms with Gasteiger partial charge < -0.3 is 19.8 Å². The first-order valence-corrected chi connectivity index (χ1v) is 10.8. The maximum Gasteiger partial charge on any atom is 0.270 e. The van der Waals surface area contributed by atoms with E-state index in [9.17, 15) is 9.59 Å². The van der Waals surface area contributed by atoms with Crippen LogP contribution in [-0.4, -0.2) is 56.9 Å². The van der Waals surface area contributed by atoms with Gasteiger partial charge in [-0.25, -0.2) is 9.97 Å². The zero-order valence-corrected chi connectivity index (χ0v) is 17.8. The molecule has 1 saturated heterocycles. The largest absolute Gasteiger partial charge is 0.353 e. The number of hydrogen-bond acceptors (Lipinski definition) is 5. The van der Waals surface area contributed by atoms with Gasteiger partial charge in [0.25, 0.3) is 11.5 Å². The van der Waals surface area contributed by atoms with E-state index in [1.165, 1.54) is 6.07 Å². The predicted octanol–water partition coefficient (Wildman–Crippen LogP) is 2.84. The molecule has 4 aromatic rings. The van der Waals surface area contributed by atoms with Crippen molar-refractivity contribution >= 4 is 22.6 Å². The summed E-state index contributed by atoms with van der Waals surface area (Å²) in [7, 11) is 0. The summed E-state index contributed by atoms with van der Waals surface area (Å²) in [6.45, 7) is 4.64. The van der Waals surface area contributed by atoms with Gasteiger partial charge in [-0.15, -0.1) is 0 Å². The molecular formula is C24H24N6O2. The van der Waals surface area contributed by atoms with E-state index in [4.69, 9.17) is 0 Å². The third-order valence-electron chi connectivity index (χ3n) is 5.83. The van der Waals surface area contributed by atoms with Crippen LogP contribution in [0.3, 0.4) is 0 Å². The third kappa shape index (κ3) is 3.87. The van der Waals surface area contributed by atoms with E-state index >= 15 is 0 Å². The number of aromatic nitrogens is 4. The number of pyridine rings is 1. The Morgan fingerprint density at radius 1 is 1.03 bits per heavy atom. The Morgan fingerprint density at radius 2 is 1.84 bits per heavy atom. The molecule has 0 bridgehead atoms. The molecule has 8 nitrogen and oxygen atoms in total. The summed E-state index contributed by atoms with van der Waals surface area (Å²) >= 11 is 0. The second kappa shape index (κ2) is 8.30. The van der Waals surface area contributed by atoms with E-state index in [0.29, 0.717) is 44.1 Å². The van der Waals surface area contributed by atoms with Crippen molar-refractivity contribution in [2.45, 2.75) is 13.3 Å². The minimum atomic E-state index is -0.160. The van der Waals surface area contributed by atoms with Gasteiger partial charge in [0.1, 0.15) is 17.3 Å². The van der Waals surface area contributed by atoms with Gasteiger partial charge in [0.2, 0.25) is 0 Å². The fraction of sp³-hybridized carbons (Fsp3) is 0.250. The van der Waals surface area contributed by atoms with Crippen molar-refractivity contribution in [3.63, 3.8) is 0 Å². The van der Waals surface area contributed by atoms with Crippen molar-refractivity contribution in [2.75, 3.05) is 31.1 Å². The van der Waals surface area contributed by atoms with Crippen LogP contribution in [0, 0.1) is 0 Å². The molecule has 1 aromatic carbocycles. The lowest BCUT2D eigenvalue weighted by atomic mass is 10.2. The molecule has 2 N–H and O–H groups in total. The molecule has 5 rings (SSSR count). The van der Waals surface area contributed by atoms with Crippen molar-refractivity contribution in [1.29, 1.82) is 0 Å². The quantitative estimate of drug-likeness (QED) is 0.521. The first-order valence-electron chi connectivity index (χ1n) is 10.8. The molecule has 1 fully saturated rings. The number of hydrogen-bond donors (Lipinski definition) is 2. The number of piperazine rings is 1. The average Bonchev–Trinajstić information content (AvgIpc) is 3.28. The highest BCUT2D eigenvalue weighted by Gasteiger charge is 2.24. The van der Waals surface area contributed by atoms with Crippen molar-refractivity contribution < 1.29 is 4.79 Å². The van der Waals surface area contributed by atoms with E-state index in [2.05, 4.69) is 24.8 Å². The summed E-state index contributed by atoms with van der Waals surface area (Å²) in [4.78, 5) is 43.8. The predicted molar refractivity (Wildman–Crippen MR) is 124 cm³/mol. The van der Waals surface area contributed by atoms with E-state index < -0.39 is 0 Å². The van der Waals surface area contributed by atoms with Gasteiger partial charge in [-0.3, -0.25) is 9.59 Å². The minimum Gasteiger partial charge on any atom is -0.353 e. The molecule has 4 heterocycles. The van der Waals surface area contributed by atoms with Crippen molar-refractivity contribution in [2.24, 2.45) is 0 Å². The number of carbonyl (C=O) groups is 1. The fourth-order valence-corrected chi connectivity index (χ4v) is 4.04. The molecule has 0 atom stereocenters. The van der Waals surface area contributed by atoms with E-state index in [1.807, 2.05) is 54.3 Å². The summed E-state index contributed by atoms with van der Waals surface area (Å²) in [5.74, 6) is 1.40. The second-order valence-electron chi connectivity index (χ2n) is 7.89. The maximum atomic E-state index is 12.9. The summed E-state index contributed by atoms with van der Waals surface area (Å²) in [6, 6.07) is 15.2. The van der Waals surface area contributed by atoms with Crippen LogP contribution in [0.1, 0.15) is 23.1 Å². The number of benzene rings is 1. The molecule has 0 spiro atoms. The Labute approximate surface area is 184 Å². The van der Waals surface area contributed by atoms with Crippen LogP contribution in [0.2, 0.25) is 0 Å². The van der Waals surface area contributed by atoms with Gasteiger partial charge in [0, 0.05) is 60.6 Å². The third-order valence-corrected chi connectivity index (χ3v) is 5.83. The van der Waals surface area contributed by atoms with Gasteiger partial charge >= 0.3 is 0 Å². The molecule has 162 valence electrons. The summed E-state index contributed by atoms with van der Waals surface area (Å²) < 4.78 is 0. The molecule has 1 amide bonds. The lowest BCUT2D eigenvalue weighted by molar-refractivity contribution is 0.0741. The van der Waals surface area contributed by atoms with Crippen LogP contribution in [0.4, 0.5) is 5.82 Å². The van der Waals surface area contributed by atoms with E-state index in [-0.39, 0.29) is 11.5 Å². The number of anilines is 1. The lowest BCUT2D eigenvalue weighted by Crippen LogP contribution is -2.49. The number of rotatable bonds is 4. The Morgan fingerprint density at radius 3 is 2.56 bits per heavy atom. The number of amides is 1. The number of carbonyl (C=O) groups excluding carboxylic acids is 1. The summed E-state index contributed by atoms with van der Waals surface area (Å²) in [5, 5.41) is 1.04. The molecule has 1 aliphatic rings. The van der Waals surface area contributed by atoms with E-state index in [0.717, 1.165) is 28.0 Å². The molecule has 0 radical (unpaired) electrons. The minimum absolute atomic E-state index is 0.0231. The van der Waals surface area contributed by atoms with Crippen LogP contribution in [0.5, 0.6) is 0 Å². The van der Waals surface area contributed by atoms with E-state index in [1.54, 1.807) is 6.20 Å². The van der Waals surface area contributed by atoms with Crippen LogP contribution >= 0.6 is 0 Å². The Bertz CT molecular complexity index is 1280. The monoisotopic (exact) mass is 428 g/mol. The average molecular weight is 428 g/mol. The molecule has 32 heavy (non-hydrogen) atoms. The number of nitrogens with zero attached hydrogens (tertiary/aromatic N) is 4. The number of nitrogens with one attached hydrogen (secondary N) is 2. The maximum absolute atomic E-state index is 12.9. The smallest absolute Gasteiger partial charge is 0.270 e. The number of aromatic amines is 2. The normalized spacial score (nSPS) is 14.2.